The Morgan fingerprint density at radius 1 is 1.69 bits per heavy atom. The van der Waals surface area contributed by atoms with E-state index in [1.807, 2.05) is 17.0 Å². The molecule has 1 aliphatic heterocycles. The molecule has 5 heteroatoms. The summed E-state index contributed by atoms with van der Waals surface area (Å²) < 4.78 is 0. The molecule has 0 aromatic carbocycles. The van der Waals surface area contributed by atoms with Crippen LogP contribution in [0.25, 0.3) is 0 Å². The predicted octanol–water partition coefficient (Wildman–Crippen LogP) is 0.470. The minimum Gasteiger partial charge on any atom is -0.481 e. The number of carboxylic acid groups (broad SMARTS) is 1. The molecule has 0 unspecified atom stereocenters. The van der Waals surface area contributed by atoms with Gasteiger partial charge in [0.15, 0.2) is 0 Å². The van der Waals surface area contributed by atoms with Gasteiger partial charge in [0.1, 0.15) is 11.8 Å². The van der Waals surface area contributed by atoms with E-state index in [9.17, 15) is 4.79 Å². The van der Waals surface area contributed by atoms with Gasteiger partial charge in [-0.3, -0.25) is 9.69 Å². The molecule has 82 valence electrons. The first-order valence-electron chi connectivity index (χ1n) is 5.00. The summed E-state index contributed by atoms with van der Waals surface area (Å²) >= 11 is 0. The van der Waals surface area contributed by atoms with Crippen LogP contribution in [0.15, 0.2) is 18.3 Å². The van der Waals surface area contributed by atoms with Gasteiger partial charge in [-0.15, -0.1) is 0 Å². The Morgan fingerprint density at radius 3 is 3.06 bits per heavy atom. The van der Waals surface area contributed by atoms with Crippen molar-refractivity contribution < 1.29 is 9.90 Å². The molecule has 1 fully saturated rings. The van der Waals surface area contributed by atoms with E-state index >= 15 is 0 Å². The van der Waals surface area contributed by atoms with Gasteiger partial charge in [0, 0.05) is 31.4 Å². The van der Waals surface area contributed by atoms with Crippen molar-refractivity contribution in [2.75, 3.05) is 13.1 Å². The minimum atomic E-state index is -0.747. The molecule has 0 bridgehead atoms. The molecule has 2 heterocycles. The number of pyridine rings is 1. The number of nitriles is 1. The predicted molar refractivity (Wildman–Crippen MR) is 55.4 cm³/mol. The molecule has 16 heavy (non-hydrogen) atoms. The van der Waals surface area contributed by atoms with Gasteiger partial charge in [-0.2, -0.15) is 5.26 Å². The summed E-state index contributed by atoms with van der Waals surface area (Å²) in [6.07, 6.45) is 1.58. The van der Waals surface area contributed by atoms with Gasteiger partial charge in [-0.05, 0) is 6.07 Å². The van der Waals surface area contributed by atoms with Gasteiger partial charge >= 0.3 is 5.97 Å². The number of carbonyl (C=O) groups is 1. The van der Waals surface area contributed by atoms with Crippen molar-refractivity contribution in [3.05, 3.63) is 29.6 Å². The quantitative estimate of drug-likeness (QED) is 0.796. The summed E-state index contributed by atoms with van der Waals surface area (Å²) in [5.41, 5.74) is 1.27. The molecule has 1 aromatic rings. The third kappa shape index (κ3) is 2.02. The fourth-order valence-electron chi connectivity index (χ4n) is 1.76. The van der Waals surface area contributed by atoms with Crippen LogP contribution in [0.1, 0.15) is 11.3 Å². The summed E-state index contributed by atoms with van der Waals surface area (Å²) in [5.74, 6) is -1.01. The third-order valence-corrected chi connectivity index (χ3v) is 2.70. The van der Waals surface area contributed by atoms with E-state index in [-0.39, 0.29) is 5.92 Å². The zero-order valence-corrected chi connectivity index (χ0v) is 8.63. The van der Waals surface area contributed by atoms with Crippen LogP contribution < -0.4 is 0 Å². The average Bonchev–Trinajstić information content (AvgIpc) is 2.22. The van der Waals surface area contributed by atoms with Crippen LogP contribution in [0.5, 0.6) is 0 Å². The lowest BCUT2D eigenvalue weighted by Gasteiger charge is -2.36. The van der Waals surface area contributed by atoms with Crippen molar-refractivity contribution in [1.29, 1.82) is 5.26 Å². The highest BCUT2D eigenvalue weighted by Crippen LogP contribution is 2.19. The first-order valence-corrected chi connectivity index (χ1v) is 5.00. The fraction of sp³-hybridized carbons (Fsp3) is 0.364. The van der Waals surface area contributed by atoms with Crippen LogP contribution in [0, 0.1) is 17.2 Å². The van der Waals surface area contributed by atoms with E-state index in [1.54, 1.807) is 12.3 Å². The van der Waals surface area contributed by atoms with E-state index in [2.05, 4.69) is 4.98 Å². The number of rotatable bonds is 3. The Bertz CT molecular complexity index is 447. The van der Waals surface area contributed by atoms with E-state index in [0.29, 0.717) is 25.3 Å². The van der Waals surface area contributed by atoms with Gasteiger partial charge in [-0.1, -0.05) is 6.07 Å². The number of hydrogen-bond donors (Lipinski definition) is 1. The van der Waals surface area contributed by atoms with E-state index in [4.69, 9.17) is 10.4 Å². The Balaban J connectivity index is 1.97. The maximum absolute atomic E-state index is 10.6. The van der Waals surface area contributed by atoms with E-state index in [0.717, 1.165) is 5.56 Å². The highest BCUT2D eigenvalue weighted by molar-refractivity contribution is 5.71. The SMILES string of the molecule is N#Cc1ncccc1CN1CC(C(=O)O)C1. The molecular formula is C11H11N3O2. The second kappa shape index (κ2) is 4.29. The van der Waals surface area contributed by atoms with Crippen LogP contribution in [-0.2, 0) is 11.3 Å². The number of aromatic nitrogens is 1. The molecular weight excluding hydrogens is 206 g/mol. The van der Waals surface area contributed by atoms with Gasteiger partial charge in [0.2, 0.25) is 0 Å². The van der Waals surface area contributed by atoms with E-state index < -0.39 is 5.97 Å². The molecule has 0 saturated carbocycles. The number of likely N-dealkylation sites (tertiary alicyclic amines) is 1. The topological polar surface area (TPSA) is 77.2 Å². The normalized spacial score (nSPS) is 16.4. The Morgan fingerprint density at radius 2 is 2.44 bits per heavy atom. The van der Waals surface area contributed by atoms with E-state index in [1.165, 1.54) is 0 Å². The smallest absolute Gasteiger partial charge is 0.309 e. The molecule has 0 amide bonds. The lowest BCUT2D eigenvalue weighted by molar-refractivity contribution is -0.147. The molecule has 1 aliphatic rings. The lowest BCUT2D eigenvalue weighted by atomic mass is 9.99. The second-order valence-corrected chi connectivity index (χ2v) is 3.85. The molecule has 0 radical (unpaired) electrons. The largest absolute Gasteiger partial charge is 0.481 e. The molecule has 1 N–H and O–H groups in total. The van der Waals surface area contributed by atoms with Crippen molar-refractivity contribution in [1.82, 2.24) is 9.88 Å². The molecule has 0 atom stereocenters. The second-order valence-electron chi connectivity index (χ2n) is 3.85. The summed E-state index contributed by atoms with van der Waals surface area (Å²) in [6, 6.07) is 5.66. The summed E-state index contributed by atoms with van der Waals surface area (Å²) in [6.45, 7) is 1.70. The number of hydrogen-bond acceptors (Lipinski definition) is 4. The van der Waals surface area contributed by atoms with Gasteiger partial charge in [-0.25, -0.2) is 4.98 Å². The van der Waals surface area contributed by atoms with Crippen LogP contribution in [-0.4, -0.2) is 34.0 Å². The maximum Gasteiger partial charge on any atom is 0.309 e. The number of carboxylic acids is 1. The van der Waals surface area contributed by atoms with Crippen molar-refractivity contribution in [3.63, 3.8) is 0 Å². The Kier molecular flexibility index (Phi) is 2.84. The zero-order chi connectivity index (χ0) is 11.5. The summed E-state index contributed by atoms with van der Waals surface area (Å²) in [4.78, 5) is 16.6. The molecule has 0 aliphatic carbocycles. The van der Waals surface area contributed by atoms with Crippen molar-refractivity contribution in [3.8, 4) is 6.07 Å². The first-order chi connectivity index (χ1) is 7.70. The van der Waals surface area contributed by atoms with Gasteiger partial charge in [0.05, 0.1) is 5.92 Å². The minimum absolute atomic E-state index is 0.262. The highest BCUT2D eigenvalue weighted by Gasteiger charge is 2.32. The standard InChI is InChI=1S/C11H11N3O2/c12-4-10-8(2-1-3-13-10)5-14-6-9(7-14)11(15)16/h1-3,9H,5-7H2,(H,15,16). The Labute approximate surface area is 92.9 Å². The maximum atomic E-state index is 10.6. The molecule has 5 nitrogen and oxygen atoms in total. The number of aliphatic carboxylic acids is 1. The van der Waals surface area contributed by atoms with Crippen molar-refractivity contribution in [2.24, 2.45) is 5.92 Å². The lowest BCUT2D eigenvalue weighted by Crippen LogP contribution is -2.49. The Hall–Kier alpha value is -1.93. The first kappa shape index (κ1) is 10.6. The number of nitrogens with zero attached hydrogens (tertiary/aromatic N) is 3. The highest BCUT2D eigenvalue weighted by atomic mass is 16.4. The van der Waals surface area contributed by atoms with Crippen LogP contribution in [0.2, 0.25) is 0 Å². The third-order valence-electron chi connectivity index (χ3n) is 2.70. The fourth-order valence-corrected chi connectivity index (χ4v) is 1.76. The summed E-state index contributed by atoms with van der Waals surface area (Å²) in [5, 5.41) is 17.6. The van der Waals surface area contributed by atoms with Gasteiger partial charge < -0.3 is 5.11 Å². The zero-order valence-electron chi connectivity index (χ0n) is 8.63. The monoisotopic (exact) mass is 217 g/mol. The molecule has 0 spiro atoms. The molecule has 1 aromatic heterocycles. The van der Waals surface area contributed by atoms with Crippen LogP contribution in [0.3, 0.4) is 0 Å². The average molecular weight is 217 g/mol. The van der Waals surface area contributed by atoms with Gasteiger partial charge in [0.25, 0.3) is 0 Å². The van der Waals surface area contributed by atoms with Crippen LogP contribution >= 0.6 is 0 Å². The summed E-state index contributed by atoms with van der Waals surface area (Å²) in [7, 11) is 0. The molecule has 2 rings (SSSR count). The molecule has 1 saturated heterocycles. The van der Waals surface area contributed by atoms with Crippen molar-refractivity contribution >= 4 is 5.97 Å². The van der Waals surface area contributed by atoms with Crippen LogP contribution in [0.4, 0.5) is 0 Å². The van der Waals surface area contributed by atoms with Crippen molar-refractivity contribution in [2.45, 2.75) is 6.54 Å².